The van der Waals surface area contributed by atoms with Gasteiger partial charge < -0.3 is 30.4 Å². The molecule has 1 aliphatic heterocycles. The summed E-state index contributed by atoms with van der Waals surface area (Å²) in [7, 11) is 0. The number of nitrogens with zero attached hydrogens (tertiary/aromatic N) is 2. The highest BCUT2D eigenvalue weighted by Gasteiger charge is 2.34. The fourth-order valence-corrected chi connectivity index (χ4v) is 4.15. The summed E-state index contributed by atoms with van der Waals surface area (Å²) < 4.78 is 48.7. The first-order chi connectivity index (χ1) is 14.7. The molecule has 1 atom stereocenters. The minimum absolute atomic E-state index is 0.0572. The number of fused-ring (bicyclic) bond motifs is 1. The monoisotopic (exact) mass is 440 g/mol. The molecule has 4 rings (SSSR count). The number of hydrogen-bond acceptors (Lipinski definition) is 6. The van der Waals surface area contributed by atoms with Crippen molar-refractivity contribution in [2.45, 2.75) is 44.9 Å². The second-order valence-corrected chi connectivity index (χ2v) is 7.98. The molecule has 0 bridgehead atoms. The number of nitrogen functional groups attached to an aromatic ring is 1. The molecule has 0 amide bonds. The number of ether oxygens (including phenoxy) is 1. The van der Waals surface area contributed by atoms with Crippen LogP contribution in [0.1, 0.15) is 42.6 Å². The Kier molecular flexibility index (Phi) is 5.46. The van der Waals surface area contributed by atoms with Crippen LogP contribution in [0, 0.1) is 5.82 Å². The van der Waals surface area contributed by atoms with Gasteiger partial charge in [0.15, 0.2) is 11.6 Å². The maximum atomic E-state index is 15.5. The van der Waals surface area contributed by atoms with E-state index in [2.05, 4.69) is 5.32 Å². The number of halogens is 3. The molecule has 2 fully saturated rings. The van der Waals surface area contributed by atoms with Crippen LogP contribution in [0.4, 0.5) is 24.5 Å². The van der Waals surface area contributed by atoms with Gasteiger partial charge in [-0.05, 0) is 32.7 Å². The van der Waals surface area contributed by atoms with Crippen LogP contribution in [0.15, 0.2) is 11.0 Å². The SMILES string of the molecule is CC1CN(c2c(F)c(N)c3c(=O)c(C(=O)O)cn(C4CC4)c3c2OC(F)F)CCCN1. The third kappa shape index (κ3) is 3.78. The van der Waals surface area contributed by atoms with E-state index in [-0.39, 0.29) is 23.3 Å². The van der Waals surface area contributed by atoms with Crippen LogP contribution in [0.3, 0.4) is 0 Å². The lowest BCUT2D eigenvalue weighted by Gasteiger charge is -2.29. The summed E-state index contributed by atoms with van der Waals surface area (Å²) >= 11 is 0. The summed E-state index contributed by atoms with van der Waals surface area (Å²) in [6.45, 7) is -0.0630. The molecule has 2 heterocycles. The van der Waals surface area contributed by atoms with Crippen LogP contribution in [-0.4, -0.2) is 47.9 Å². The fourth-order valence-electron chi connectivity index (χ4n) is 4.15. The van der Waals surface area contributed by atoms with E-state index >= 15 is 4.39 Å². The number of aromatic nitrogens is 1. The number of carbonyl (C=O) groups is 1. The first-order valence-corrected chi connectivity index (χ1v) is 10.1. The van der Waals surface area contributed by atoms with Crippen molar-refractivity contribution in [3.05, 3.63) is 27.8 Å². The topological polar surface area (TPSA) is 110 Å². The average molecular weight is 440 g/mol. The Morgan fingerprint density at radius 3 is 2.71 bits per heavy atom. The lowest BCUT2D eigenvalue weighted by atomic mass is 10.0. The van der Waals surface area contributed by atoms with E-state index in [4.69, 9.17) is 10.5 Å². The van der Waals surface area contributed by atoms with Crippen LogP contribution >= 0.6 is 0 Å². The molecule has 0 spiro atoms. The average Bonchev–Trinajstić information content (AvgIpc) is 3.53. The van der Waals surface area contributed by atoms with Gasteiger partial charge in [0.1, 0.15) is 11.3 Å². The predicted molar refractivity (Wildman–Crippen MR) is 109 cm³/mol. The van der Waals surface area contributed by atoms with Gasteiger partial charge in [-0.1, -0.05) is 0 Å². The van der Waals surface area contributed by atoms with E-state index in [1.807, 2.05) is 6.92 Å². The standard InChI is InChI=1S/C20H23F3N4O4/c1-9-7-26(6-2-5-25-9)16-13(21)14(24)12-15(18(16)31-20(22)23)27(10-3-4-10)8-11(17(12)28)19(29)30/h8-10,20,25H,2-7,24H2,1H3,(H,29,30). The molecule has 1 aromatic carbocycles. The highest BCUT2D eigenvalue weighted by molar-refractivity contribution is 6.03. The molecule has 1 saturated heterocycles. The number of nitrogens with two attached hydrogens (primary N) is 1. The summed E-state index contributed by atoms with van der Waals surface area (Å²) in [6, 6.07) is -0.276. The van der Waals surface area contributed by atoms with Gasteiger partial charge in [0.2, 0.25) is 5.43 Å². The van der Waals surface area contributed by atoms with Gasteiger partial charge in [-0.15, -0.1) is 0 Å². The highest BCUT2D eigenvalue weighted by Crippen LogP contribution is 2.46. The Hall–Kier alpha value is -2.95. The van der Waals surface area contributed by atoms with E-state index in [0.29, 0.717) is 38.9 Å². The molecule has 31 heavy (non-hydrogen) atoms. The molecular weight excluding hydrogens is 417 g/mol. The van der Waals surface area contributed by atoms with E-state index < -0.39 is 46.2 Å². The van der Waals surface area contributed by atoms with Crippen molar-refractivity contribution in [3.63, 3.8) is 0 Å². The van der Waals surface area contributed by atoms with Gasteiger partial charge in [0, 0.05) is 31.4 Å². The second kappa shape index (κ2) is 7.95. The Morgan fingerprint density at radius 2 is 2.10 bits per heavy atom. The molecule has 1 saturated carbocycles. The maximum absolute atomic E-state index is 15.5. The molecular formula is C20H23F3N4O4. The zero-order valence-electron chi connectivity index (χ0n) is 16.8. The molecule has 2 aliphatic rings. The molecule has 8 nitrogen and oxygen atoms in total. The summed E-state index contributed by atoms with van der Waals surface area (Å²) in [5.74, 6) is -3.07. The predicted octanol–water partition coefficient (Wildman–Crippen LogP) is 2.55. The van der Waals surface area contributed by atoms with Crippen molar-refractivity contribution in [2.75, 3.05) is 30.3 Å². The number of rotatable bonds is 5. The van der Waals surface area contributed by atoms with Crippen LogP contribution in [-0.2, 0) is 0 Å². The van der Waals surface area contributed by atoms with Crippen molar-refractivity contribution < 1.29 is 27.8 Å². The minimum atomic E-state index is -3.28. The van der Waals surface area contributed by atoms with Crippen molar-refractivity contribution in [2.24, 2.45) is 0 Å². The van der Waals surface area contributed by atoms with Gasteiger partial charge in [0.25, 0.3) is 0 Å². The quantitative estimate of drug-likeness (QED) is 0.613. The number of hydrogen-bond donors (Lipinski definition) is 3. The summed E-state index contributed by atoms with van der Waals surface area (Å²) in [5, 5.41) is 12.2. The maximum Gasteiger partial charge on any atom is 0.387 e. The summed E-state index contributed by atoms with van der Waals surface area (Å²) in [5.41, 5.74) is 3.45. The van der Waals surface area contributed by atoms with Gasteiger partial charge in [-0.2, -0.15) is 8.78 Å². The Balaban J connectivity index is 2.10. The lowest BCUT2D eigenvalue weighted by molar-refractivity contribution is -0.0488. The number of pyridine rings is 1. The lowest BCUT2D eigenvalue weighted by Crippen LogP contribution is -2.36. The van der Waals surface area contributed by atoms with E-state index in [1.165, 1.54) is 4.57 Å². The second-order valence-electron chi connectivity index (χ2n) is 7.98. The number of carboxylic acids is 1. The Morgan fingerprint density at radius 1 is 1.39 bits per heavy atom. The molecule has 1 aromatic heterocycles. The number of aromatic carboxylic acids is 1. The molecule has 1 unspecified atom stereocenters. The number of anilines is 2. The summed E-state index contributed by atoms with van der Waals surface area (Å²) in [6.07, 6.45) is 3.05. The third-order valence-corrected chi connectivity index (χ3v) is 5.66. The number of alkyl halides is 2. The fraction of sp³-hybridized carbons (Fsp3) is 0.500. The largest absolute Gasteiger partial charge is 0.477 e. The number of nitrogens with one attached hydrogen (secondary N) is 1. The first-order valence-electron chi connectivity index (χ1n) is 10.1. The van der Waals surface area contributed by atoms with E-state index in [9.17, 15) is 23.5 Å². The zero-order valence-corrected chi connectivity index (χ0v) is 16.8. The highest BCUT2D eigenvalue weighted by atomic mass is 19.3. The van der Waals surface area contributed by atoms with Crippen molar-refractivity contribution >= 4 is 28.2 Å². The van der Waals surface area contributed by atoms with Gasteiger partial charge in [-0.25, -0.2) is 9.18 Å². The van der Waals surface area contributed by atoms with Crippen LogP contribution < -0.4 is 26.1 Å². The van der Waals surface area contributed by atoms with E-state index in [0.717, 1.165) is 6.20 Å². The zero-order chi connectivity index (χ0) is 22.4. The van der Waals surface area contributed by atoms with Crippen LogP contribution in [0.5, 0.6) is 5.75 Å². The molecule has 0 radical (unpaired) electrons. The first kappa shape index (κ1) is 21.3. The van der Waals surface area contributed by atoms with Crippen molar-refractivity contribution in [1.82, 2.24) is 9.88 Å². The Bertz CT molecular complexity index is 1100. The number of carboxylic acid groups (broad SMARTS) is 1. The molecule has 11 heteroatoms. The normalized spacial score (nSPS) is 19.6. The van der Waals surface area contributed by atoms with Crippen molar-refractivity contribution in [3.8, 4) is 5.75 Å². The summed E-state index contributed by atoms with van der Waals surface area (Å²) in [4.78, 5) is 26.0. The molecule has 168 valence electrons. The van der Waals surface area contributed by atoms with Gasteiger partial charge in [-0.3, -0.25) is 4.79 Å². The molecule has 4 N–H and O–H groups in total. The molecule has 1 aliphatic carbocycles. The van der Waals surface area contributed by atoms with Gasteiger partial charge in [0.05, 0.1) is 16.6 Å². The minimum Gasteiger partial charge on any atom is -0.477 e. The van der Waals surface area contributed by atoms with Gasteiger partial charge >= 0.3 is 12.6 Å². The smallest absolute Gasteiger partial charge is 0.387 e. The number of benzene rings is 1. The van der Waals surface area contributed by atoms with Crippen molar-refractivity contribution in [1.29, 1.82) is 0 Å². The van der Waals surface area contributed by atoms with Crippen LogP contribution in [0.25, 0.3) is 10.9 Å². The third-order valence-electron chi connectivity index (χ3n) is 5.66. The Labute approximate surface area is 175 Å². The molecule has 2 aromatic rings. The van der Waals surface area contributed by atoms with Crippen LogP contribution in [0.2, 0.25) is 0 Å². The van der Waals surface area contributed by atoms with E-state index in [1.54, 1.807) is 4.90 Å².